The summed E-state index contributed by atoms with van der Waals surface area (Å²) in [6, 6.07) is 6.05. The minimum absolute atomic E-state index is 0.0555. The lowest BCUT2D eigenvalue weighted by molar-refractivity contribution is 0.679. The maximum atomic E-state index is 14.3. The Hall–Kier alpha value is -2.15. The van der Waals surface area contributed by atoms with Gasteiger partial charge in [0.1, 0.15) is 10.3 Å². The number of anilines is 1. The molecule has 0 spiro atoms. The summed E-state index contributed by atoms with van der Waals surface area (Å²) in [6.45, 7) is 14.6. The monoisotopic (exact) mass is 445 g/mol. The number of aromatic amines is 1. The number of nitriles is 1. The molecule has 3 rings (SSSR count). The van der Waals surface area contributed by atoms with E-state index in [1.165, 1.54) is 11.3 Å². The van der Waals surface area contributed by atoms with E-state index >= 15 is 0 Å². The van der Waals surface area contributed by atoms with Gasteiger partial charge in [0.25, 0.3) is 0 Å². The second kappa shape index (κ2) is 7.27. The highest BCUT2D eigenvalue weighted by atomic mass is 32.2. The van der Waals surface area contributed by atoms with Gasteiger partial charge in [0.05, 0.1) is 28.0 Å². The van der Waals surface area contributed by atoms with Crippen molar-refractivity contribution >= 4 is 46.1 Å². The predicted octanol–water partition coefficient (Wildman–Crippen LogP) is 5.97. The lowest BCUT2D eigenvalue weighted by atomic mass is 10.1. The van der Waals surface area contributed by atoms with Gasteiger partial charge in [-0.25, -0.2) is 9.19 Å². The Kier molecular flexibility index (Phi) is 5.40. The van der Waals surface area contributed by atoms with Crippen LogP contribution in [0.15, 0.2) is 32.8 Å². The van der Waals surface area contributed by atoms with Crippen molar-refractivity contribution in [2.75, 3.05) is 4.72 Å². The Labute approximate surface area is 177 Å². The van der Waals surface area contributed by atoms with E-state index in [0.29, 0.717) is 15.5 Å². The molecule has 1 aromatic carbocycles. The van der Waals surface area contributed by atoms with Gasteiger partial charge in [-0.3, -0.25) is 8.75 Å². The summed E-state index contributed by atoms with van der Waals surface area (Å²) in [5, 5.41) is 11.1. The van der Waals surface area contributed by atoms with Crippen molar-refractivity contribution in [3.8, 4) is 6.07 Å². The van der Waals surface area contributed by atoms with Crippen LogP contribution in [0.5, 0.6) is 0 Å². The Morgan fingerprint density at radius 1 is 1.31 bits per heavy atom. The number of H-pyrrole nitrogens is 1. The van der Waals surface area contributed by atoms with Crippen molar-refractivity contribution in [1.29, 1.82) is 5.26 Å². The number of thiazole rings is 1. The zero-order valence-corrected chi connectivity index (χ0v) is 20.5. The van der Waals surface area contributed by atoms with Crippen LogP contribution >= 0.6 is 11.3 Å². The van der Waals surface area contributed by atoms with Gasteiger partial charge in [-0.05, 0) is 43.6 Å². The number of benzene rings is 1. The molecule has 2 aromatic heterocycles. The van der Waals surface area contributed by atoms with Crippen LogP contribution in [0.4, 0.5) is 5.69 Å². The number of aryl methyl sites for hydroxylation is 2. The molecule has 0 aliphatic carbocycles. The van der Waals surface area contributed by atoms with Crippen LogP contribution in [0.1, 0.15) is 36.9 Å². The summed E-state index contributed by atoms with van der Waals surface area (Å²) in [4.78, 5) is 7.48. The summed E-state index contributed by atoms with van der Waals surface area (Å²) in [7, 11) is -5.20. The molecule has 9 heteroatoms. The fourth-order valence-electron chi connectivity index (χ4n) is 2.79. The summed E-state index contributed by atoms with van der Waals surface area (Å²) >= 11 is 1.40. The topological polar surface area (TPSA) is 93.9 Å². The third-order valence-corrected chi connectivity index (χ3v) is 14.8. The first-order valence-electron chi connectivity index (χ1n) is 9.37. The average Bonchev–Trinajstić information content (AvgIpc) is 3.23. The summed E-state index contributed by atoms with van der Waals surface area (Å²) < 4.78 is 23.2. The molecule has 29 heavy (non-hydrogen) atoms. The van der Waals surface area contributed by atoms with E-state index in [-0.39, 0.29) is 5.04 Å². The van der Waals surface area contributed by atoms with Crippen molar-refractivity contribution in [1.82, 2.24) is 9.97 Å². The fourth-order valence-corrected chi connectivity index (χ4v) is 9.54. The van der Waals surface area contributed by atoms with E-state index in [2.05, 4.69) is 54.6 Å². The van der Waals surface area contributed by atoms with Crippen LogP contribution in [0, 0.1) is 25.2 Å². The number of aromatic nitrogens is 2. The Balaban J connectivity index is 2.25. The molecule has 1 atom stereocenters. The molecular formula is C20H27N5OS2Si. The molecular weight excluding hydrogens is 418 g/mol. The van der Waals surface area contributed by atoms with Gasteiger partial charge in [-0.1, -0.05) is 26.8 Å². The highest BCUT2D eigenvalue weighted by molar-refractivity contribution is 7.97. The van der Waals surface area contributed by atoms with Crippen molar-refractivity contribution in [3.05, 3.63) is 40.7 Å². The van der Waals surface area contributed by atoms with Gasteiger partial charge in [-0.2, -0.15) is 5.26 Å². The number of rotatable bonds is 4. The summed E-state index contributed by atoms with van der Waals surface area (Å²) in [5.74, 6) is 0. The minimum Gasteiger partial charge on any atom is -0.358 e. The quantitative estimate of drug-likeness (QED) is 0.484. The van der Waals surface area contributed by atoms with Crippen molar-refractivity contribution < 1.29 is 4.21 Å². The van der Waals surface area contributed by atoms with Gasteiger partial charge < -0.3 is 4.98 Å². The Morgan fingerprint density at radius 2 is 2.00 bits per heavy atom. The van der Waals surface area contributed by atoms with Gasteiger partial charge in [0, 0.05) is 11.6 Å². The molecule has 6 nitrogen and oxygen atoms in total. The Bertz CT molecular complexity index is 1230. The molecule has 154 valence electrons. The molecule has 0 saturated heterocycles. The van der Waals surface area contributed by atoms with Crippen LogP contribution in [-0.4, -0.2) is 22.4 Å². The molecule has 2 heterocycles. The highest BCUT2D eigenvalue weighted by Crippen LogP contribution is 2.39. The molecule has 0 aliphatic heterocycles. The van der Waals surface area contributed by atoms with Crippen molar-refractivity contribution in [2.45, 2.75) is 57.0 Å². The van der Waals surface area contributed by atoms with E-state index in [1.807, 2.05) is 26.0 Å². The van der Waals surface area contributed by atoms with Crippen LogP contribution < -0.4 is 4.72 Å². The van der Waals surface area contributed by atoms with Crippen LogP contribution in [0.25, 0.3) is 10.9 Å². The number of nitrogens with zero attached hydrogens (tertiary/aromatic N) is 3. The second-order valence-corrected chi connectivity index (χ2v) is 17.3. The first-order chi connectivity index (χ1) is 13.4. The standard InChI is InChI=1S/C20H27N5OS2Si/c1-13-8-9-16(19-18(13)15(10-21)11-23-19)24-28(26,17-12-22-14(2)27-17)25-29(6,7)20(3,4)5/h8-9,11-12,23H,1-7H3,(H,24,25,26). The fraction of sp³-hybridized carbons (Fsp3) is 0.400. The molecule has 1 unspecified atom stereocenters. The Morgan fingerprint density at radius 3 is 2.55 bits per heavy atom. The van der Waals surface area contributed by atoms with Crippen LogP contribution in [0.2, 0.25) is 18.1 Å². The summed E-state index contributed by atoms with van der Waals surface area (Å²) in [5.41, 5.74) is 3.00. The maximum absolute atomic E-state index is 14.3. The molecule has 0 saturated carbocycles. The first kappa shape index (κ1) is 21.6. The van der Waals surface area contributed by atoms with Crippen molar-refractivity contribution in [2.24, 2.45) is 4.03 Å². The third kappa shape index (κ3) is 3.97. The smallest absolute Gasteiger partial charge is 0.195 e. The molecule has 0 aliphatic rings. The molecule has 0 amide bonds. The van der Waals surface area contributed by atoms with Gasteiger partial charge in [-0.15, -0.1) is 11.3 Å². The first-order valence-corrected chi connectivity index (χ1v) is 14.7. The summed E-state index contributed by atoms with van der Waals surface area (Å²) in [6.07, 6.45) is 3.35. The molecule has 0 fully saturated rings. The average molecular weight is 446 g/mol. The highest BCUT2D eigenvalue weighted by Gasteiger charge is 2.38. The van der Waals surface area contributed by atoms with E-state index in [4.69, 9.17) is 4.03 Å². The van der Waals surface area contributed by atoms with E-state index in [0.717, 1.165) is 21.5 Å². The second-order valence-electron chi connectivity index (χ2n) is 8.72. The lowest BCUT2D eigenvalue weighted by Crippen LogP contribution is -2.37. The zero-order chi connectivity index (χ0) is 21.6. The predicted molar refractivity (Wildman–Crippen MR) is 124 cm³/mol. The normalized spacial score (nSPS) is 14.4. The largest absolute Gasteiger partial charge is 0.358 e. The maximum Gasteiger partial charge on any atom is 0.195 e. The van der Waals surface area contributed by atoms with Gasteiger partial charge in [0.15, 0.2) is 18.2 Å². The zero-order valence-electron chi connectivity index (χ0n) is 17.9. The molecule has 3 aromatic rings. The molecule has 0 radical (unpaired) electrons. The lowest BCUT2D eigenvalue weighted by Gasteiger charge is -2.33. The van der Waals surface area contributed by atoms with E-state index in [1.54, 1.807) is 12.4 Å². The number of nitrogens with one attached hydrogen (secondary N) is 2. The third-order valence-electron chi connectivity index (χ3n) is 5.48. The molecule has 2 N–H and O–H groups in total. The number of hydrogen-bond acceptors (Lipinski definition) is 5. The number of fused-ring (bicyclic) bond motifs is 1. The van der Waals surface area contributed by atoms with E-state index < -0.39 is 18.2 Å². The van der Waals surface area contributed by atoms with Gasteiger partial charge >= 0.3 is 0 Å². The number of hydrogen-bond donors (Lipinski definition) is 2. The molecule has 0 bridgehead atoms. The minimum atomic E-state index is -2.95. The van der Waals surface area contributed by atoms with Crippen LogP contribution in [-0.2, 0) is 9.92 Å². The van der Waals surface area contributed by atoms with E-state index in [9.17, 15) is 9.47 Å². The SMILES string of the molecule is Cc1ncc(S(=O)(=N[Si](C)(C)C(C)(C)C)Nc2ccc(C)c3c(C#N)c[nH]c23)s1. The van der Waals surface area contributed by atoms with Crippen LogP contribution in [0.3, 0.4) is 0 Å². The van der Waals surface area contributed by atoms with Crippen molar-refractivity contribution in [3.63, 3.8) is 0 Å². The van der Waals surface area contributed by atoms with Gasteiger partial charge in [0.2, 0.25) is 0 Å².